The number of benzene rings is 1. The maximum absolute atomic E-state index is 9.49. The summed E-state index contributed by atoms with van der Waals surface area (Å²) in [5, 5.41) is 9.49. The summed E-state index contributed by atoms with van der Waals surface area (Å²) < 4.78 is 7.64. The Balaban J connectivity index is 2.18. The maximum atomic E-state index is 9.49. The molecule has 0 aromatic heterocycles. The van der Waals surface area contributed by atoms with Crippen LogP contribution >= 0.6 is 11.9 Å². The van der Waals surface area contributed by atoms with Gasteiger partial charge in [-0.25, -0.2) is 4.31 Å². The predicted octanol–water partition coefficient (Wildman–Crippen LogP) is 3.17. The molecule has 106 valence electrons. The van der Waals surface area contributed by atoms with E-state index in [0.29, 0.717) is 6.04 Å². The summed E-state index contributed by atoms with van der Waals surface area (Å²) in [6, 6.07) is 4.44. The van der Waals surface area contributed by atoms with E-state index in [-0.39, 0.29) is 6.61 Å². The van der Waals surface area contributed by atoms with E-state index in [4.69, 9.17) is 4.74 Å². The van der Waals surface area contributed by atoms with E-state index in [1.54, 1.807) is 19.1 Å². The highest BCUT2D eigenvalue weighted by molar-refractivity contribution is 7.97. The van der Waals surface area contributed by atoms with Crippen LogP contribution in [0.3, 0.4) is 0 Å². The lowest BCUT2D eigenvalue weighted by molar-refractivity contribution is 0.164. The van der Waals surface area contributed by atoms with E-state index in [0.717, 1.165) is 18.7 Å². The Kier molecular flexibility index (Phi) is 5.13. The molecule has 1 aromatic carbocycles. The zero-order valence-corrected chi connectivity index (χ0v) is 12.8. The van der Waals surface area contributed by atoms with Crippen molar-refractivity contribution in [2.24, 2.45) is 0 Å². The standard InChI is InChI=1S/C15H23NO2S/c1-11-8-14(18-3)9-12(2)15(11)19-16-7-5-4-6-13(16)10-17/h8-9,13,17H,4-7,10H2,1-3H3. The maximum Gasteiger partial charge on any atom is 0.119 e. The normalized spacial score (nSPS) is 20.5. The quantitative estimate of drug-likeness (QED) is 0.859. The molecule has 1 N–H and O–H groups in total. The van der Waals surface area contributed by atoms with Crippen molar-refractivity contribution in [3.63, 3.8) is 0 Å². The Morgan fingerprint density at radius 1 is 1.32 bits per heavy atom. The first kappa shape index (κ1) is 14.7. The molecule has 1 heterocycles. The lowest BCUT2D eigenvalue weighted by Crippen LogP contribution is -2.36. The van der Waals surface area contributed by atoms with Gasteiger partial charge in [-0.2, -0.15) is 0 Å². The van der Waals surface area contributed by atoms with Crippen molar-refractivity contribution in [2.75, 3.05) is 20.3 Å². The first-order valence-corrected chi connectivity index (χ1v) is 7.63. The average molecular weight is 281 g/mol. The SMILES string of the molecule is COc1cc(C)c(SN2CCCCC2CO)c(C)c1. The number of methoxy groups -OCH3 is 1. The zero-order valence-electron chi connectivity index (χ0n) is 12.0. The molecular formula is C15H23NO2S. The third kappa shape index (κ3) is 3.44. The van der Waals surface area contributed by atoms with Crippen molar-refractivity contribution >= 4 is 11.9 Å². The van der Waals surface area contributed by atoms with E-state index >= 15 is 0 Å². The Bertz CT molecular complexity index is 413. The molecule has 1 aliphatic rings. The second-order valence-corrected chi connectivity index (χ2v) is 6.21. The van der Waals surface area contributed by atoms with Gasteiger partial charge < -0.3 is 9.84 Å². The molecule has 1 atom stereocenters. The van der Waals surface area contributed by atoms with Crippen LogP contribution in [0.4, 0.5) is 0 Å². The number of aliphatic hydroxyl groups excluding tert-OH is 1. The van der Waals surface area contributed by atoms with Crippen molar-refractivity contribution in [3.8, 4) is 5.75 Å². The van der Waals surface area contributed by atoms with Crippen LogP contribution in [-0.2, 0) is 0 Å². The molecule has 0 amide bonds. The van der Waals surface area contributed by atoms with Crippen LogP contribution in [0.1, 0.15) is 30.4 Å². The number of aliphatic hydroxyl groups is 1. The number of rotatable bonds is 4. The fourth-order valence-corrected chi connectivity index (χ4v) is 3.75. The largest absolute Gasteiger partial charge is 0.497 e. The number of nitrogens with zero attached hydrogens (tertiary/aromatic N) is 1. The molecule has 0 aliphatic carbocycles. The first-order chi connectivity index (χ1) is 9.15. The van der Waals surface area contributed by atoms with Gasteiger partial charge >= 0.3 is 0 Å². The monoisotopic (exact) mass is 281 g/mol. The number of ether oxygens (including phenoxy) is 1. The number of aryl methyl sites for hydroxylation is 2. The minimum Gasteiger partial charge on any atom is -0.497 e. The van der Waals surface area contributed by atoms with Gasteiger partial charge in [-0.3, -0.25) is 0 Å². The van der Waals surface area contributed by atoms with Crippen LogP contribution in [0, 0.1) is 13.8 Å². The second-order valence-electron chi connectivity index (χ2n) is 5.15. The number of hydrogen-bond donors (Lipinski definition) is 1. The van der Waals surface area contributed by atoms with Crippen molar-refractivity contribution in [1.29, 1.82) is 0 Å². The van der Waals surface area contributed by atoms with Gasteiger partial charge in [0.2, 0.25) is 0 Å². The van der Waals surface area contributed by atoms with Crippen molar-refractivity contribution in [3.05, 3.63) is 23.3 Å². The van der Waals surface area contributed by atoms with Crippen molar-refractivity contribution < 1.29 is 9.84 Å². The second kappa shape index (κ2) is 6.64. The van der Waals surface area contributed by atoms with Crippen LogP contribution in [0.2, 0.25) is 0 Å². The van der Waals surface area contributed by atoms with Gasteiger partial charge in [0.15, 0.2) is 0 Å². The summed E-state index contributed by atoms with van der Waals surface area (Å²) in [6.07, 6.45) is 3.54. The van der Waals surface area contributed by atoms with Gasteiger partial charge in [-0.15, -0.1) is 0 Å². The molecule has 2 rings (SSSR count). The molecule has 0 bridgehead atoms. The Morgan fingerprint density at radius 2 is 2.00 bits per heavy atom. The van der Waals surface area contributed by atoms with E-state index in [1.165, 1.54) is 28.9 Å². The molecule has 1 aliphatic heterocycles. The van der Waals surface area contributed by atoms with Crippen LogP contribution in [0.15, 0.2) is 17.0 Å². The Hall–Kier alpha value is -0.710. The van der Waals surface area contributed by atoms with Crippen LogP contribution in [0.25, 0.3) is 0 Å². The smallest absolute Gasteiger partial charge is 0.119 e. The topological polar surface area (TPSA) is 32.7 Å². The molecule has 1 aromatic rings. The van der Waals surface area contributed by atoms with Crippen molar-refractivity contribution in [2.45, 2.75) is 44.0 Å². The summed E-state index contributed by atoms with van der Waals surface area (Å²) in [4.78, 5) is 1.29. The average Bonchev–Trinajstić information content (AvgIpc) is 2.43. The number of piperidine rings is 1. The highest BCUT2D eigenvalue weighted by atomic mass is 32.2. The van der Waals surface area contributed by atoms with Gasteiger partial charge in [0, 0.05) is 17.5 Å². The minimum absolute atomic E-state index is 0.251. The van der Waals surface area contributed by atoms with Gasteiger partial charge in [-0.05, 0) is 61.9 Å². The molecular weight excluding hydrogens is 258 g/mol. The van der Waals surface area contributed by atoms with Gasteiger partial charge in [0.1, 0.15) is 5.75 Å². The molecule has 1 unspecified atom stereocenters. The predicted molar refractivity (Wildman–Crippen MR) is 79.8 cm³/mol. The first-order valence-electron chi connectivity index (χ1n) is 6.86. The summed E-state index contributed by atoms with van der Waals surface area (Å²) in [5.74, 6) is 0.914. The highest BCUT2D eigenvalue weighted by Crippen LogP contribution is 2.35. The van der Waals surface area contributed by atoms with Crippen molar-refractivity contribution in [1.82, 2.24) is 4.31 Å². The van der Waals surface area contributed by atoms with Gasteiger partial charge in [-0.1, -0.05) is 6.42 Å². The highest BCUT2D eigenvalue weighted by Gasteiger charge is 2.23. The molecule has 0 spiro atoms. The minimum atomic E-state index is 0.251. The lowest BCUT2D eigenvalue weighted by atomic mass is 10.1. The Morgan fingerprint density at radius 3 is 2.58 bits per heavy atom. The molecule has 0 saturated carbocycles. The molecule has 19 heavy (non-hydrogen) atoms. The molecule has 0 radical (unpaired) electrons. The number of hydrogen-bond acceptors (Lipinski definition) is 4. The summed E-state index contributed by atoms with van der Waals surface area (Å²) in [5.41, 5.74) is 2.48. The van der Waals surface area contributed by atoms with E-state index in [1.807, 2.05) is 0 Å². The summed E-state index contributed by atoms with van der Waals surface area (Å²) in [6.45, 7) is 5.55. The van der Waals surface area contributed by atoms with Crippen LogP contribution in [-0.4, -0.2) is 35.7 Å². The van der Waals surface area contributed by atoms with Crippen LogP contribution in [0.5, 0.6) is 5.75 Å². The molecule has 1 saturated heterocycles. The third-order valence-corrected chi connectivity index (χ3v) is 5.20. The summed E-state index contributed by atoms with van der Waals surface area (Å²) >= 11 is 1.79. The van der Waals surface area contributed by atoms with E-state index < -0.39 is 0 Å². The zero-order chi connectivity index (χ0) is 13.8. The molecule has 3 nitrogen and oxygen atoms in total. The van der Waals surface area contributed by atoms with Gasteiger partial charge in [0.25, 0.3) is 0 Å². The lowest BCUT2D eigenvalue weighted by Gasteiger charge is -2.34. The Labute approximate surface area is 120 Å². The molecule has 1 fully saturated rings. The fourth-order valence-electron chi connectivity index (χ4n) is 2.57. The van der Waals surface area contributed by atoms with E-state index in [2.05, 4.69) is 30.3 Å². The summed E-state index contributed by atoms with van der Waals surface area (Å²) in [7, 11) is 1.70. The van der Waals surface area contributed by atoms with Crippen LogP contribution < -0.4 is 4.74 Å². The molecule has 4 heteroatoms. The third-order valence-electron chi connectivity index (χ3n) is 3.66. The van der Waals surface area contributed by atoms with E-state index in [9.17, 15) is 5.11 Å². The van der Waals surface area contributed by atoms with Gasteiger partial charge in [0.05, 0.1) is 13.7 Å². The fraction of sp³-hybridized carbons (Fsp3) is 0.600.